The first-order chi connectivity index (χ1) is 7.96. The molecule has 2 rings (SSSR count). The van der Waals surface area contributed by atoms with Crippen molar-refractivity contribution in [3.05, 3.63) is 0 Å². The highest BCUT2D eigenvalue weighted by Gasteiger charge is 2.42. The van der Waals surface area contributed by atoms with Crippen LogP contribution in [0.5, 0.6) is 0 Å². The van der Waals surface area contributed by atoms with Crippen molar-refractivity contribution in [3.8, 4) is 0 Å². The lowest BCUT2D eigenvalue weighted by Crippen LogP contribution is -2.42. The van der Waals surface area contributed by atoms with Gasteiger partial charge in [0.15, 0.2) is 0 Å². The topological polar surface area (TPSA) is 41.5 Å². The number of nitrogens with one attached hydrogen (secondary N) is 1. The third-order valence-electron chi connectivity index (χ3n) is 3.52. The van der Waals surface area contributed by atoms with Crippen molar-refractivity contribution < 1.29 is 9.84 Å². The van der Waals surface area contributed by atoms with Crippen LogP contribution in [0.1, 0.15) is 46.5 Å². The van der Waals surface area contributed by atoms with Gasteiger partial charge in [-0.1, -0.05) is 0 Å². The number of rotatable bonds is 7. The standard InChI is InChI=1S/C14H27NO2/c1-14(2,3)15-8-12(16)9-17-13(10-4-5-10)11-6-7-11/h10-13,15-16H,4-9H2,1-3H3/t12-/m1/s1. The molecule has 0 aliphatic heterocycles. The van der Waals surface area contributed by atoms with Gasteiger partial charge in [-0.3, -0.25) is 0 Å². The highest BCUT2D eigenvalue weighted by molar-refractivity contribution is 4.92. The first kappa shape index (κ1) is 13.3. The molecule has 0 aromatic carbocycles. The Morgan fingerprint density at radius 3 is 2.12 bits per heavy atom. The fourth-order valence-corrected chi connectivity index (χ4v) is 2.21. The van der Waals surface area contributed by atoms with Gasteiger partial charge in [0.2, 0.25) is 0 Å². The summed E-state index contributed by atoms with van der Waals surface area (Å²) >= 11 is 0. The third-order valence-corrected chi connectivity index (χ3v) is 3.52. The van der Waals surface area contributed by atoms with E-state index < -0.39 is 0 Å². The first-order valence-electron chi connectivity index (χ1n) is 7.00. The molecule has 3 heteroatoms. The molecule has 3 nitrogen and oxygen atoms in total. The van der Waals surface area contributed by atoms with Gasteiger partial charge in [-0.25, -0.2) is 0 Å². The summed E-state index contributed by atoms with van der Waals surface area (Å²) in [6, 6.07) is 0. The lowest BCUT2D eigenvalue weighted by atomic mass is 10.1. The Balaban J connectivity index is 1.62. The number of aliphatic hydroxyl groups is 1. The summed E-state index contributed by atoms with van der Waals surface area (Å²) in [5, 5.41) is 13.2. The zero-order valence-electron chi connectivity index (χ0n) is 11.4. The van der Waals surface area contributed by atoms with E-state index in [1.807, 2.05) is 0 Å². The number of β-amino-alcohol motifs (C(OH)–C–C–N with tert-alkyl or cyclic N) is 1. The Labute approximate surface area is 105 Å². The average Bonchev–Trinajstić information content (AvgIpc) is 3.06. The predicted molar refractivity (Wildman–Crippen MR) is 69.0 cm³/mol. The number of aliphatic hydroxyl groups excluding tert-OH is 1. The van der Waals surface area contributed by atoms with Crippen LogP contribution in [0.25, 0.3) is 0 Å². The zero-order valence-corrected chi connectivity index (χ0v) is 11.4. The van der Waals surface area contributed by atoms with Gasteiger partial charge in [0.1, 0.15) is 0 Å². The molecular formula is C14H27NO2. The van der Waals surface area contributed by atoms with Gasteiger partial charge < -0.3 is 15.2 Å². The van der Waals surface area contributed by atoms with E-state index in [2.05, 4.69) is 26.1 Å². The summed E-state index contributed by atoms with van der Waals surface area (Å²) in [5.41, 5.74) is 0.0629. The monoisotopic (exact) mass is 241 g/mol. The van der Waals surface area contributed by atoms with Crippen LogP contribution in [0.3, 0.4) is 0 Å². The van der Waals surface area contributed by atoms with E-state index in [-0.39, 0.29) is 11.6 Å². The van der Waals surface area contributed by atoms with Crippen LogP contribution < -0.4 is 5.32 Å². The normalized spacial score (nSPS) is 23.1. The largest absolute Gasteiger partial charge is 0.389 e. The van der Waals surface area contributed by atoms with Crippen molar-refractivity contribution >= 4 is 0 Å². The fourth-order valence-electron chi connectivity index (χ4n) is 2.21. The molecule has 2 aliphatic carbocycles. The molecule has 2 saturated carbocycles. The second kappa shape index (κ2) is 5.25. The van der Waals surface area contributed by atoms with Crippen molar-refractivity contribution in [2.45, 2.75) is 64.2 Å². The smallest absolute Gasteiger partial charge is 0.0898 e. The van der Waals surface area contributed by atoms with Crippen molar-refractivity contribution in [3.63, 3.8) is 0 Å². The van der Waals surface area contributed by atoms with Gasteiger partial charge in [-0.05, 0) is 58.3 Å². The van der Waals surface area contributed by atoms with Gasteiger partial charge >= 0.3 is 0 Å². The van der Waals surface area contributed by atoms with Gasteiger partial charge in [0, 0.05) is 12.1 Å². The molecule has 0 amide bonds. The van der Waals surface area contributed by atoms with Crippen LogP contribution in [0.2, 0.25) is 0 Å². The van der Waals surface area contributed by atoms with Gasteiger partial charge in [-0.15, -0.1) is 0 Å². The van der Waals surface area contributed by atoms with E-state index in [1.165, 1.54) is 25.7 Å². The predicted octanol–water partition coefficient (Wildman–Crippen LogP) is 1.94. The molecule has 0 heterocycles. The molecule has 0 unspecified atom stereocenters. The molecule has 0 aromatic heterocycles. The number of ether oxygens (including phenoxy) is 1. The lowest BCUT2D eigenvalue weighted by Gasteiger charge is -2.24. The van der Waals surface area contributed by atoms with E-state index in [1.54, 1.807) is 0 Å². The van der Waals surface area contributed by atoms with Crippen molar-refractivity contribution in [1.82, 2.24) is 5.32 Å². The van der Waals surface area contributed by atoms with Crippen LogP contribution in [0, 0.1) is 11.8 Å². The summed E-state index contributed by atoms with van der Waals surface area (Å²) in [6.45, 7) is 7.43. The number of hydrogen-bond acceptors (Lipinski definition) is 3. The molecular weight excluding hydrogens is 214 g/mol. The molecule has 0 aromatic rings. The van der Waals surface area contributed by atoms with E-state index >= 15 is 0 Å². The van der Waals surface area contributed by atoms with Gasteiger partial charge in [-0.2, -0.15) is 0 Å². The van der Waals surface area contributed by atoms with E-state index in [0.717, 1.165) is 11.8 Å². The maximum absolute atomic E-state index is 9.88. The minimum absolute atomic E-state index is 0.0629. The molecule has 0 radical (unpaired) electrons. The maximum Gasteiger partial charge on any atom is 0.0898 e. The van der Waals surface area contributed by atoms with Crippen LogP contribution >= 0.6 is 0 Å². The Morgan fingerprint density at radius 1 is 1.18 bits per heavy atom. The highest BCUT2D eigenvalue weighted by Crippen LogP contribution is 2.46. The van der Waals surface area contributed by atoms with E-state index in [4.69, 9.17) is 4.74 Å². The second-order valence-electron chi connectivity index (χ2n) is 6.76. The van der Waals surface area contributed by atoms with Crippen LogP contribution in [0.4, 0.5) is 0 Å². The molecule has 2 fully saturated rings. The third kappa shape index (κ3) is 4.94. The van der Waals surface area contributed by atoms with Crippen molar-refractivity contribution in [2.75, 3.05) is 13.2 Å². The van der Waals surface area contributed by atoms with Crippen molar-refractivity contribution in [1.29, 1.82) is 0 Å². The zero-order chi connectivity index (χ0) is 12.5. The van der Waals surface area contributed by atoms with E-state index in [0.29, 0.717) is 19.3 Å². The summed E-state index contributed by atoms with van der Waals surface area (Å²) in [6.07, 6.45) is 5.39. The minimum Gasteiger partial charge on any atom is -0.389 e. The fraction of sp³-hybridized carbons (Fsp3) is 1.00. The molecule has 100 valence electrons. The Kier molecular flexibility index (Phi) is 4.11. The van der Waals surface area contributed by atoms with Gasteiger partial charge in [0.05, 0.1) is 18.8 Å². The Morgan fingerprint density at radius 2 is 1.71 bits per heavy atom. The Bertz CT molecular complexity index is 229. The van der Waals surface area contributed by atoms with Gasteiger partial charge in [0.25, 0.3) is 0 Å². The molecule has 0 bridgehead atoms. The van der Waals surface area contributed by atoms with Crippen LogP contribution in [-0.2, 0) is 4.74 Å². The highest BCUT2D eigenvalue weighted by atomic mass is 16.5. The molecule has 17 heavy (non-hydrogen) atoms. The summed E-state index contributed by atoms with van der Waals surface area (Å²) in [4.78, 5) is 0. The minimum atomic E-state index is -0.380. The molecule has 2 aliphatic rings. The van der Waals surface area contributed by atoms with Crippen molar-refractivity contribution in [2.24, 2.45) is 11.8 Å². The Hall–Kier alpha value is -0.120. The quantitative estimate of drug-likeness (QED) is 0.716. The summed E-state index contributed by atoms with van der Waals surface area (Å²) in [7, 11) is 0. The molecule has 2 N–H and O–H groups in total. The lowest BCUT2D eigenvalue weighted by molar-refractivity contribution is -0.0288. The van der Waals surface area contributed by atoms with Crippen LogP contribution in [-0.4, -0.2) is 36.0 Å². The van der Waals surface area contributed by atoms with Crippen LogP contribution in [0.15, 0.2) is 0 Å². The summed E-state index contributed by atoms with van der Waals surface area (Å²) < 4.78 is 5.93. The molecule has 1 atom stereocenters. The first-order valence-corrected chi connectivity index (χ1v) is 7.00. The second-order valence-corrected chi connectivity index (χ2v) is 6.76. The summed E-state index contributed by atoms with van der Waals surface area (Å²) in [5.74, 6) is 1.59. The maximum atomic E-state index is 9.88. The SMILES string of the molecule is CC(C)(C)NC[C@@H](O)COC(C1CC1)C1CC1. The number of hydrogen-bond donors (Lipinski definition) is 2. The van der Waals surface area contributed by atoms with E-state index in [9.17, 15) is 5.11 Å². The average molecular weight is 241 g/mol. The molecule has 0 saturated heterocycles. The molecule has 0 spiro atoms.